The molecule has 26 heavy (non-hydrogen) atoms. The molecular weight excluding hydrogens is 326 g/mol. The van der Waals surface area contributed by atoms with Crippen molar-refractivity contribution in [1.29, 1.82) is 0 Å². The van der Waals surface area contributed by atoms with Crippen LogP contribution in [0.1, 0.15) is 33.7 Å². The summed E-state index contributed by atoms with van der Waals surface area (Å²) in [6.07, 6.45) is 1.24. The maximum Gasteiger partial charge on any atom is 0.255 e. The van der Waals surface area contributed by atoms with Gasteiger partial charge in [-0.15, -0.1) is 0 Å². The van der Waals surface area contributed by atoms with Crippen LogP contribution in [-0.4, -0.2) is 52.4 Å². The zero-order chi connectivity index (χ0) is 18.7. The molecule has 0 radical (unpaired) electrons. The molecule has 1 aromatic heterocycles. The molecule has 1 aromatic carbocycles. The van der Waals surface area contributed by atoms with E-state index >= 15 is 0 Å². The highest BCUT2D eigenvalue weighted by Gasteiger charge is 2.25. The molecule has 1 aliphatic heterocycles. The van der Waals surface area contributed by atoms with Crippen molar-refractivity contribution in [3.05, 3.63) is 58.9 Å². The van der Waals surface area contributed by atoms with Crippen molar-refractivity contribution in [2.24, 2.45) is 7.05 Å². The number of aryl methyl sites for hydroxylation is 1. The van der Waals surface area contributed by atoms with Gasteiger partial charge in [0.2, 0.25) is 5.91 Å². The molecular formula is C21H27N3O2. The Morgan fingerprint density at radius 2 is 1.62 bits per heavy atom. The molecule has 3 rings (SSSR count). The van der Waals surface area contributed by atoms with E-state index in [0.29, 0.717) is 32.6 Å². The zero-order valence-corrected chi connectivity index (χ0v) is 15.9. The van der Waals surface area contributed by atoms with Crippen LogP contribution in [0.15, 0.2) is 36.4 Å². The fraction of sp³-hybridized carbons (Fsp3) is 0.429. The summed E-state index contributed by atoms with van der Waals surface area (Å²) in [4.78, 5) is 29.3. The number of carbonyl (C=O) groups excluding carboxylic acids is 2. The smallest absolute Gasteiger partial charge is 0.255 e. The number of hydrogen-bond donors (Lipinski definition) is 0. The van der Waals surface area contributed by atoms with Crippen LogP contribution in [0.2, 0.25) is 0 Å². The van der Waals surface area contributed by atoms with E-state index in [1.807, 2.05) is 71.7 Å². The number of benzene rings is 1. The molecule has 2 amide bonds. The first-order chi connectivity index (χ1) is 12.5. The van der Waals surface area contributed by atoms with Crippen molar-refractivity contribution in [1.82, 2.24) is 14.4 Å². The van der Waals surface area contributed by atoms with E-state index in [9.17, 15) is 9.59 Å². The minimum Gasteiger partial charge on any atom is -0.351 e. The minimum absolute atomic E-state index is 0.0727. The van der Waals surface area contributed by atoms with Crippen molar-refractivity contribution < 1.29 is 9.59 Å². The first-order valence-corrected chi connectivity index (χ1v) is 9.21. The SMILES string of the molecule is Cc1cc(C(=O)N2CCCN(C(=O)Cc3ccccc3)CC2)c(C)n1C. The van der Waals surface area contributed by atoms with Gasteiger partial charge in [-0.1, -0.05) is 30.3 Å². The van der Waals surface area contributed by atoms with Gasteiger partial charge in [-0.05, 0) is 31.9 Å². The number of amides is 2. The molecule has 0 unspecified atom stereocenters. The Labute approximate surface area is 155 Å². The maximum absolute atomic E-state index is 12.9. The van der Waals surface area contributed by atoms with E-state index in [1.165, 1.54) is 0 Å². The lowest BCUT2D eigenvalue weighted by molar-refractivity contribution is -0.130. The zero-order valence-electron chi connectivity index (χ0n) is 15.9. The Morgan fingerprint density at radius 3 is 2.27 bits per heavy atom. The summed E-state index contributed by atoms with van der Waals surface area (Å²) in [5.74, 6) is 0.209. The molecule has 5 nitrogen and oxygen atoms in total. The van der Waals surface area contributed by atoms with Gasteiger partial charge >= 0.3 is 0 Å². The monoisotopic (exact) mass is 353 g/mol. The molecule has 0 atom stereocenters. The first kappa shape index (κ1) is 18.2. The highest BCUT2D eigenvalue weighted by Crippen LogP contribution is 2.17. The van der Waals surface area contributed by atoms with Crippen LogP contribution in [0.5, 0.6) is 0 Å². The molecule has 0 N–H and O–H groups in total. The van der Waals surface area contributed by atoms with Crippen LogP contribution in [-0.2, 0) is 18.3 Å². The molecule has 1 aliphatic rings. The second-order valence-corrected chi connectivity index (χ2v) is 7.03. The number of nitrogens with zero attached hydrogens (tertiary/aromatic N) is 3. The van der Waals surface area contributed by atoms with Crippen LogP contribution in [0, 0.1) is 13.8 Å². The summed E-state index contributed by atoms with van der Waals surface area (Å²) >= 11 is 0. The van der Waals surface area contributed by atoms with Crippen molar-refractivity contribution in [3.63, 3.8) is 0 Å². The molecule has 138 valence electrons. The van der Waals surface area contributed by atoms with Gasteiger partial charge in [-0.3, -0.25) is 9.59 Å². The van der Waals surface area contributed by atoms with E-state index in [1.54, 1.807) is 0 Å². The molecule has 0 aliphatic carbocycles. The van der Waals surface area contributed by atoms with Gasteiger partial charge in [0, 0.05) is 44.6 Å². The normalized spacial score (nSPS) is 15.0. The quantitative estimate of drug-likeness (QED) is 0.851. The average molecular weight is 353 g/mol. The van der Waals surface area contributed by atoms with Crippen molar-refractivity contribution in [3.8, 4) is 0 Å². The Hall–Kier alpha value is -2.56. The molecule has 2 aromatic rings. The number of carbonyl (C=O) groups is 2. The van der Waals surface area contributed by atoms with Crippen LogP contribution in [0.4, 0.5) is 0 Å². The second kappa shape index (κ2) is 7.77. The van der Waals surface area contributed by atoms with Crippen molar-refractivity contribution in [2.75, 3.05) is 26.2 Å². The van der Waals surface area contributed by atoms with Crippen molar-refractivity contribution in [2.45, 2.75) is 26.7 Å². The van der Waals surface area contributed by atoms with Crippen LogP contribution >= 0.6 is 0 Å². The van der Waals surface area contributed by atoms with Crippen LogP contribution in [0.3, 0.4) is 0 Å². The Balaban J connectivity index is 1.63. The van der Waals surface area contributed by atoms with Crippen LogP contribution < -0.4 is 0 Å². The molecule has 1 saturated heterocycles. The molecule has 0 bridgehead atoms. The average Bonchev–Trinajstić information content (AvgIpc) is 2.84. The minimum atomic E-state index is 0.0727. The standard InChI is InChI=1S/C21H27N3O2/c1-16-14-19(17(2)22(16)3)21(26)24-11-7-10-23(12-13-24)20(25)15-18-8-5-4-6-9-18/h4-6,8-9,14H,7,10-13,15H2,1-3H3. The summed E-state index contributed by atoms with van der Waals surface area (Å²) in [7, 11) is 1.98. The van der Waals surface area contributed by atoms with Crippen molar-refractivity contribution >= 4 is 11.8 Å². The number of aromatic nitrogens is 1. The van der Waals surface area contributed by atoms with Gasteiger partial charge < -0.3 is 14.4 Å². The molecule has 5 heteroatoms. The van der Waals surface area contributed by atoms with E-state index in [4.69, 9.17) is 0 Å². The number of rotatable bonds is 3. The predicted octanol–water partition coefficient (Wildman–Crippen LogP) is 2.56. The predicted molar refractivity (Wildman–Crippen MR) is 102 cm³/mol. The van der Waals surface area contributed by atoms with Gasteiger partial charge in [-0.25, -0.2) is 0 Å². The molecule has 0 saturated carbocycles. The van der Waals surface area contributed by atoms with E-state index in [0.717, 1.165) is 28.9 Å². The van der Waals surface area contributed by atoms with E-state index < -0.39 is 0 Å². The second-order valence-electron chi connectivity index (χ2n) is 7.03. The lowest BCUT2D eigenvalue weighted by atomic mass is 10.1. The third-order valence-corrected chi connectivity index (χ3v) is 5.34. The van der Waals surface area contributed by atoms with Crippen LogP contribution in [0.25, 0.3) is 0 Å². The number of hydrogen-bond acceptors (Lipinski definition) is 2. The first-order valence-electron chi connectivity index (χ1n) is 9.21. The summed E-state index contributed by atoms with van der Waals surface area (Å²) in [5, 5.41) is 0. The largest absolute Gasteiger partial charge is 0.351 e. The van der Waals surface area contributed by atoms with E-state index in [-0.39, 0.29) is 11.8 Å². The fourth-order valence-electron chi connectivity index (χ4n) is 3.49. The Kier molecular flexibility index (Phi) is 5.45. The highest BCUT2D eigenvalue weighted by molar-refractivity contribution is 5.95. The van der Waals surface area contributed by atoms with Gasteiger partial charge in [0.1, 0.15) is 0 Å². The third kappa shape index (κ3) is 3.82. The van der Waals surface area contributed by atoms with Gasteiger partial charge in [0.25, 0.3) is 5.91 Å². The van der Waals surface area contributed by atoms with Gasteiger partial charge in [0.05, 0.1) is 12.0 Å². The third-order valence-electron chi connectivity index (χ3n) is 5.34. The molecule has 2 heterocycles. The highest BCUT2D eigenvalue weighted by atomic mass is 16.2. The lowest BCUT2D eigenvalue weighted by Crippen LogP contribution is -2.38. The summed E-state index contributed by atoms with van der Waals surface area (Å²) in [5.41, 5.74) is 3.88. The Morgan fingerprint density at radius 1 is 0.962 bits per heavy atom. The fourth-order valence-corrected chi connectivity index (χ4v) is 3.49. The summed E-state index contributed by atoms with van der Waals surface area (Å²) in [6.45, 7) is 6.59. The molecule has 0 spiro atoms. The lowest BCUT2D eigenvalue weighted by Gasteiger charge is -2.22. The summed E-state index contributed by atoms with van der Waals surface area (Å²) in [6, 6.07) is 11.8. The van der Waals surface area contributed by atoms with Gasteiger partial charge in [0.15, 0.2) is 0 Å². The van der Waals surface area contributed by atoms with Gasteiger partial charge in [-0.2, -0.15) is 0 Å². The van der Waals surface area contributed by atoms with E-state index in [2.05, 4.69) is 0 Å². The topological polar surface area (TPSA) is 45.6 Å². The summed E-state index contributed by atoms with van der Waals surface area (Å²) < 4.78 is 2.04. The maximum atomic E-state index is 12.9. The Bertz CT molecular complexity index is 795. The molecule has 1 fully saturated rings.